The molecule has 18 rings (SSSR count). The number of anilines is 6. The second kappa shape index (κ2) is 48.9. The molecule has 12 aromatic heterocycles. The Morgan fingerprint density at radius 3 is 0.931 bits per heavy atom. The third-order valence-corrected chi connectivity index (χ3v) is 20.2. The van der Waals surface area contributed by atoms with Gasteiger partial charge in [-0.2, -0.15) is 0 Å². The predicted molar refractivity (Wildman–Crippen MR) is 535 cm³/mol. The number of aromatic nitrogens is 12. The van der Waals surface area contributed by atoms with Gasteiger partial charge in [-0.15, -0.1) is 0 Å². The van der Waals surface area contributed by atoms with E-state index in [4.69, 9.17) is 110 Å². The SMILES string of the molecule is C=C(C)c1cc2nccc(Oc3ccc(N)cc3F)c2nc1OC.C=C(C)c1cnc2c(Oc3ccc(N)cc3F)ccnc2c1.COCCOc1cc2nccc(Oc3ccc(N)cc3F)c2nc1OC.COCCOc1ccc2nccc(Oc3ccc(N)cc3F)c2n1.COCCOc1nc2c(Oc3ccc(N)cc3F)ccnc2cc1OC.COc1cc2nccc(Oc3ccc(N)cc3F)c2nc1C. The van der Waals surface area contributed by atoms with E-state index in [1.165, 1.54) is 94.1 Å². The minimum atomic E-state index is -0.569. The molecule has 12 N–H and O–H groups in total. The number of benzene rings is 6. The van der Waals surface area contributed by atoms with Crippen LogP contribution in [0.15, 0.2) is 245 Å². The third kappa shape index (κ3) is 26.6. The molecule has 0 aliphatic heterocycles. The van der Waals surface area contributed by atoms with E-state index in [-0.39, 0.29) is 46.3 Å². The quantitative estimate of drug-likeness (QED) is 0.0138. The van der Waals surface area contributed by atoms with Crippen molar-refractivity contribution >= 4 is 111 Å². The summed E-state index contributed by atoms with van der Waals surface area (Å²) in [7, 11) is 10.8. The van der Waals surface area contributed by atoms with Crippen molar-refractivity contribution in [2.24, 2.45) is 0 Å². The minimum Gasteiger partial charge on any atom is -0.495 e. The topological polar surface area (TPSA) is 458 Å². The Kier molecular flexibility index (Phi) is 35.0. The molecule has 0 saturated carbocycles. The van der Waals surface area contributed by atoms with Crippen molar-refractivity contribution < 1.29 is 102 Å². The number of rotatable bonds is 30. The van der Waals surface area contributed by atoms with Crippen LogP contribution < -0.4 is 96.0 Å². The molecule has 0 bridgehead atoms. The number of aryl methyl sites for hydroxylation is 1. The molecular formula is C104H96F6N18O16. The summed E-state index contributed by atoms with van der Waals surface area (Å²) in [6, 6.07) is 47.4. The maximum atomic E-state index is 14.0. The number of hydrogen-bond acceptors (Lipinski definition) is 34. The Hall–Kier alpha value is -18.2. The van der Waals surface area contributed by atoms with Gasteiger partial charge < -0.3 is 110 Å². The minimum absolute atomic E-state index is 0.0335. The smallest absolute Gasteiger partial charge is 0.257 e. The highest BCUT2D eigenvalue weighted by molar-refractivity contribution is 5.89. The number of nitrogens with two attached hydrogens (primary N) is 6. The molecule has 0 aliphatic rings. The van der Waals surface area contributed by atoms with Crippen LogP contribution in [0.1, 0.15) is 30.7 Å². The Morgan fingerprint density at radius 2 is 0.576 bits per heavy atom. The second-order valence-electron chi connectivity index (χ2n) is 30.6. The summed E-state index contributed by atoms with van der Waals surface area (Å²) >= 11 is 0. The maximum absolute atomic E-state index is 14.0. The van der Waals surface area contributed by atoms with Gasteiger partial charge in [0.1, 0.15) is 58.7 Å². The Labute approximate surface area is 820 Å². The van der Waals surface area contributed by atoms with E-state index in [2.05, 4.69) is 73.0 Å². The fraction of sp³-hybridized carbons (Fsp3) is 0.154. The molecule has 0 amide bonds. The summed E-state index contributed by atoms with van der Waals surface area (Å²) < 4.78 is 170. The largest absolute Gasteiger partial charge is 0.495 e. The van der Waals surface area contributed by atoms with Crippen molar-refractivity contribution in [3.05, 3.63) is 296 Å². The van der Waals surface area contributed by atoms with Crippen LogP contribution in [0.25, 0.3) is 77.3 Å². The van der Waals surface area contributed by atoms with E-state index < -0.39 is 34.9 Å². The Bertz CT molecular complexity index is 7670. The molecule has 0 saturated heterocycles. The van der Waals surface area contributed by atoms with Crippen LogP contribution in [0, 0.1) is 41.8 Å². The van der Waals surface area contributed by atoms with Gasteiger partial charge in [-0.3, -0.25) is 34.9 Å². The molecule has 12 heterocycles. The van der Waals surface area contributed by atoms with Crippen molar-refractivity contribution in [1.82, 2.24) is 59.8 Å². The number of fused-ring (bicyclic) bond motifs is 6. The van der Waals surface area contributed by atoms with Crippen LogP contribution in [0.5, 0.6) is 110 Å². The van der Waals surface area contributed by atoms with Crippen molar-refractivity contribution in [2.75, 3.05) is 124 Å². The zero-order valence-electron chi connectivity index (χ0n) is 79.2. The number of halogens is 6. The highest BCUT2D eigenvalue weighted by Gasteiger charge is 2.23. The van der Waals surface area contributed by atoms with Crippen molar-refractivity contribution in [3.63, 3.8) is 0 Å². The summed E-state index contributed by atoms with van der Waals surface area (Å²) in [5.74, 6) is 2.17. The first kappa shape index (κ1) is 103. The van der Waals surface area contributed by atoms with E-state index in [1.54, 1.807) is 175 Å². The summed E-state index contributed by atoms with van der Waals surface area (Å²) in [4.78, 5) is 51.9. The predicted octanol–water partition coefficient (Wildman–Crippen LogP) is 21.3. The Balaban J connectivity index is 0.000000145. The van der Waals surface area contributed by atoms with Crippen molar-refractivity contribution in [2.45, 2.75) is 20.8 Å². The average Bonchev–Trinajstić information content (AvgIpc) is 0.791. The molecule has 740 valence electrons. The summed E-state index contributed by atoms with van der Waals surface area (Å²) in [6.07, 6.45) is 11.1. The third-order valence-electron chi connectivity index (χ3n) is 20.2. The average molecular weight is 1970 g/mol. The first-order valence-electron chi connectivity index (χ1n) is 43.4. The van der Waals surface area contributed by atoms with Gasteiger partial charge in [-0.25, -0.2) is 51.3 Å². The monoisotopic (exact) mass is 1970 g/mol. The summed E-state index contributed by atoms with van der Waals surface area (Å²) in [5.41, 5.74) is 45.7. The van der Waals surface area contributed by atoms with E-state index in [1.807, 2.05) is 32.9 Å². The molecule has 144 heavy (non-hydrogen) atoms. The van der Waals surface area contributed by atoms with Crippen LogP contribution in [-0.2, 0) is 14.2 Å². The highest BCUT2D eigenvalue weighted by atomic mass is 19.1. The fourth-order valence-corrected chi connectivity index (χ4v) is 13.1. The zero-order chi connectivity index (χ0) is 103. The van der Waals surface area contributed by atoms with Gasteiger partial charge in [-0.1, -0.05) is 13.2 Å². The van der Waals surface area contributed by atoms with Gasteiger partial charge in [-0.05, 0) is 128 Å². The van der Waals surface area contributed by atoms with Crippen LogP contribution in [0.4, 0.5) is 60.5 Å². The lowest BCUT2D eigenvalue weighted by Gasteiger charge is -2.13. The van der Waals surface area contributed by atoms with Gasteiger partial charge in [0.2, 0.25) is 11.8 Å². The molecule has 0 unspecified atom stereocenters. The number of allylic oxidation sites excluding steroid dienone is 2. The van der Waals surface area contributed by atoms with E-state index in [0.717, 1.165) is 22.3 Å². The van der Waals surface area contributed by atoms with Gasteiger partial charge >= 0.3 is 0 Å². The number of hydrogen-bond donors (Lipinski definition) is 6. The normalized spacial score (nSPS) is 10.7. The fourth-order valence-electron chi connectivity index (χ4n) is 13.1. The first-order valence-corrected chi connectivity index (χ1v) is 43.4. The number of pyridine rings is 12. The first-order chi connectivity index (χ1) is 69.5. The molecule has 18 aromatic rings. The standard InChI is InChI=1S/2C18H18FN3O4.C18H16FN3O2.C17H16FN3O3.C17H14FN3O.C16H14FN3O2/c1-23-7-8-25-16-10-13-17(22-18(16)24-2)15(5-6-21-13)26-14-4-3-11(20)9-12(14)19;1-23-7-8-25-18-16(24-2)10-13-17(22-18)15(5-6-21-13)26-14-4-3-11(20)9-12(14)19;1-10(2)12-9-14-17(22-18(12)23-3)16(6-7-21-14)24-15-5-4-11(20)8-13(15)19;1-22-8-9-23-16-5-3-13-17(21-16)15(6-7-20-13)24-14-4-2-11(19)10-12(14)18;1-10(2)11-7-14-17(21-9-11)16(5-6-20-14)22-15-4-3-12(19)8-13(15)18;1-9-15(21-2)8-12-16(20-9)14(5-6-19-12)22-13-4-3-10(18)7-11(13)17/h2*3-6,9-10H,7-8,20H2,1-2H3;4-9H,1,20H2,2-3H3;2-7,10H,8-9,19H2,1H3;3-9H,1,19H2,2H3;3-8H,18H2,1-2H3. The number of ether oxygens (including phenoxy) is 16. The van der Waals surface area contributed by atoms with Gasteiger partial charge in [0.25, 0.3) is 11.8 Å². The van der Waals surface area contributed by atoms with Crippen LogP contribution in [0.2, 0.25) is 0 Å². The molecule has 0 atom stereocenters. The van der Waals surface area contributed by atoms with Crippen LogP contribution in [-0.4, -0.2) is 149 Å². The molecule has 6 aromatic carbocycles. The maximum Gasteiger partial charge on any atom is 0.257 e. The molecule has 40 heteroatoms. The number of methoxy groups -OCH3 is 7. The van der Waals surface area contributed by atoms with Gasteiger partial charge in [0.15, 0.2) is 115 Å². The highest BCUT2D eigenvalue weighted by Crippen LogP contribution is 2.42. The molecule has 0 fully saturated rings. The zero-order valence-corrected chi connectivity index (χ0v) is 79.2. The molecule has 0 aliphatic carbocycles. The lowest BCUT2D eigenvalue weighted by Crippen LogP contribution is -2.07. The van der Waals surface area contributed by atoms with Crippen LogP contribution >= 0.6 is 0 Å². The van der Waals surface area contributed by atoms with Crippen molar-refractivity contribution in [3.8, 4) is 110 Å². The summed E-state index contributed by atoms with van der Waals surface area (Å²) in [5, 5.41) is 0. The number of nitrogens with zero attached hydrogens (tertiary/aromatic N) is 12. The van der Waals surface area contributed by atoms with Crippen LogP contribution in [0.3, 0.4) is 0 Å². The summed E-state index contributed by atoms with van der Waals surface area (Å²) in [6.45, 7) is 15.7. The van der Waals surface area contributed by atoms with Gasteiger partial charge in [0, 0.05) is 201 Å². The molecule has 34 nitrogen and oxygen atoms in total. The molecule has 0 radical (unpaired) electrons. The lowest BCUT2D eigenvalue weighted by molar-refractivity contribution is 0.141. The van der Waals surface area contributed by atoms with E-state index in [9.17, 15) is 26.3 Å². The number of nitrogen functional groups attached to an aromatic ring is 6. The van der Waals surface area contributed by atoms with Gasteiger partial charge in [0.05, 0.1) is 87.1 Å². The molecule has 0 spiro atoms. The Morgan fingerprint density at radius 1 is 0.264 bits per heavy atom. The second-order valence-corrected chi connectivity index (χ2v) is 30.6. The van der Waals surface area contributed by atoms with Crippen molar-refractivity contribution in [1.29, 1.82) is 0 Å². The van der Waals surface area contributed by atoms with E-state index in [0.29, 0.717) is 209 Å². The lowest BCUT2D eigenvalue weighted by atomic mass is 10.1. The van der Waals surface area contributed by atoms with E-state index >= 15 is 0 Å². The molecular weight excluding hydrogens is 1870 g/mol.